The van der Waals surface area contributed by atoms with Crippen molar-refractivity contribution in [3.05, 3.63) is 18.0 Å². The van der Waals surface area contributed by atoms with E-state index in [-0.39, 0.29) is 18.3 Å². The van der Waals surface area contributed by atoms with Gasteiger partial charge in [-0.3, -0.25) is 14.4 Å². The minimum absolute atomic E-state index is 0. The van der Waals surface area contributed by atoms with E-state index in [0.29, 0.717) is 17.8 Å². The van der Waals surface area contributed by atoms with Gasteiger partial charge < -0.3 is 15.0 Å². The summed E-state index contributed by atoms with van der Waals surface area (Å²) in [5.74, 6) is 0.0624. The van der Waals surface area contributed by atoms with E-state index in [0.717, 1.165) is 65.1 Å². The molecule has 3 rings (SSSR count). The Morgan fingerprint density at radius 2 is 2.27 bits per heavy atom. The lowest BCUT2D eigenvalue weighted by molar-refractivity contribution is 0.0380. The molecule has 1 amide bonds. The summed E-state index contributed by atoms with van der Waals surface area (Å²) in [5.41, 5.74) is 0.575. The first kappa shape index (κ1) is 21.2. The summed E-state index contributed by atoms with van der Waals surface area (Å²) in [6.07, 6.45) is 5.28. The van der Waals surface area contributed by atoms with Crippen molar-refractivity contribution in [3.8, 4) is 0 Å². The van der Waals surface area contributed by atoms with Gasteiger partial charge in [-0.1, -0.05) is 6.92 Å². The fourth-order valence-electron chi connectivity index (χ4n) is 3.84. The molecule has 8 heteroatoms. The molecule has 3 heterocycles. The van der Waals surface area contributed by atoms with Crippen LogP contribution in [0.15, 0.2) is 12.3 Å². The Bertz CT molecular complexity index is 562. The lowest BCUT2D eigenvalue weighted by Gasteiger charge is -2.40. The number of ether oxygens (including phenoxy) is 1. The van der Waals surface area contributed by atoms with E-state index in [4.69, 9.17) is 4.74 Å². The summed E-state index contributed by atoms with van der Waals surface area (Å²) in [4.78, 5) is 17.3. The molecule has 2 aliphatic rings. The minimum Gasteiger partial charge on any atom is -0.383 e. The molecule has 7 nitrogen and oxygen atoms in total. The van der Waals surface area contributed by atoms with Crippen LogP contribution in [0.1, 0.15) is 42.7 Å². The highest BCUT2D eigenvalue weighted by Gasteiger charge is 2.30. The number of amides is 1. The van der Waals surface area contributed by atoms with Gasteiger partial charge in [0.2, 0.25) is 0 Å². The molecule has 0 aliphatic carbocycles. The molecule has 0 aromatic carbocycles. The predicted octanol–water partition coefficient (Wildman–Crippen LogP) is 1.41. The third-order valence-electron chi connectivity index (χ3n) is 5.42. The van der Waals surface area contributed by atoms with Crippen molar-refractivity contribution in [2.75, 3.05) is 53.0 Å². The SMILES string of the molecule is CCC1CN(C(=O)c2ccn(C3CCCNC3)n2)CCN1CCOC.Cl. The smallest absolute Gasteiger partial charge is 0.274 e. The first-order chi connectivity index (χ1) is 12.2. The molecule has 2 saturated heterocycles. The molecular weight excluding hydrogens is 354 g/mol. The van der Waals surface area contributed by atoms with Gasteiger partial charge in [-0.25, -0.2) is 0 Å². The number of halogens is 1. The van der Waals surface area contributed by atoms with Gasteiger partial charge in [-0.05, 0) is 31.9 Å². The summed E-state index contributed by atoms with van der Waals surface area (Å²) in [6, 6.07) is 2.64. The Morgan fingerprint density at radius 3 is 2.96 bits per heavy atom. The second-order valence-corrected chi connectivity index (χ2v) is 7.02. The molecule has 2 atom stereocenters. The third-order valence-corrected chi connectivity index (χ3v) is 5.42. The number of piperazine rings is 1. The second kappa shape index (κ2) is 10.3. The second-order valence-electron chi connectivity index (χ2n) is 7.02. The van der Waals surface area contributed by atoms with E-state index in [1.54, 1.807) is 7.11 Å². The molecule has 0 radical (unpaired) electrons. The molecule has 2 unspecified atom stereocenters. The van der Waals surface area contributed by atoms with Crippen LogP contribution in [0.25, 0.3) is 0 Å². The van der Waals surface area contributed by atoms with Gasteiger partial charge in [0.15, 0.2) is 0 Å². The Morgan fingerprint density at radius 1 is 1.42 bits per heavy atom. The maximum atomic E-state index is 12.9. The monoisotopic (exact) mass is 385 g/mol. The summed E-state index contributed by atoms with van der Waals surface area (Å²) in [6.45, 7) is 8.31. The number of rotatable bonds is 6. The number of nitrogens with one attached hydrogen (secondary N) is 1. The Labute approximate surface area is 162 Å². The molecule has 1 aromatic rings. The largest absolute Gasteiger partial charge is 0.383 e. The first-order valence-electron chi connectivity index (χ1n) is 9.51. The van der Waals surface area contributed by atoms with Crippen molar-refractivity contribution in [1.82, 2.24) is 24.9 Å². The fraction of sp³-hybridized carbons (Fsp3) is 0.778. The van der Waals surface area contributed by atoms with Crippen molar-refractivity contribution in [1.29, 1.82) is 0 Å². The quantitative estimate of drug-likeness (QED) is 0.802. The number of piperidine rings is 1. The predicted molar refractivity (Wildman–Crippen MR) is 104 cm³/mol. The van der Waals surface area contributed by atoms with Crippen molar-refractivity contribution < 1.29 is 9.53 Å². The van der Waals surface area contributed by atoms with Crippen LogP contribution in [0.3, 0.4) is 0 Å². The highest BCUT2D eigenvalue weighted by molar-refractivity contribution is 5.92. The van der Waals surface area contributed by atoms with Gasteiger partial charge >= 0.3 is 0 Å². The summed E-state index contributed by atoms with van der Waals surface area (Å²) >= 11 is 0. The zero-order valence-corrected chi connectivity index (χ0v) is 16.7. The van der Waals surface area contributed by atoms with Gasteiger partial charge in [0.25, 0.3) is 5.91 Å². The summed E-state index contributed by atoms with van der Waals surface area (Å²) < 4.78 is 7.17. The molecular formula is C18H32ClN5O2. The van der Waals surface area contributed by atoms with Gasteiger partial charge in [0.1, 0.15) is 5.69 Å². The van der Waals surface area contributed by atoms with Crippen molar-refractivity contribution in [2.24, 2.45) is 0 Å². The van der Waals surface area contributed by atoms with Crippen molar-refractivity contribution >= 4 is 18.3 Å². The van der Waals surface area contributed by atoms with Gasteiger partial charge in [-0.15, -0.1) is 12.4 Å². The summed E-state index contributed by atoms with van der Waals surface area (Å²) in [5, 5.41) is 7.98. The van der Waals surface area contributed by atoms with E-state index in [1.807, 2.05) is 21.8 Å². The number of hydrogen-bond donors (Lipinski definition) is 1. The number of aromatic nitrogens is 2. The number of carbonyl (C=O) groups is 1. The number of hydrogen-bond acceptors (Lipinski definition) is 5. The fourth-order valence-corrected chi connectivity index (χ4v) is 3.84. The molecule has 1 aromatic heterocycles. The lowest BCUT2D eigenvalue weighted by Crippen LogP contribution is -2.55. The van der Waals surface area contributed by atoms with Gasteiger partial charge in [0, 0.05) is 52.1 Å². The van der Waals surface area contributed by atoms with E-state index in [2.05, 4.69) is 22.2 Å². The van der Waals surface area contributed by atoms with Gasteiger partial charge in [0.05, 0.1) is 12.6 Å². The maximum absolute atomic E-state index is 12.9. The number of carbonyl (C=O) groups excluding carboxylic acids is 1. The Kier molecular flexibility index (Phi) is 8.34. The summed E-state index contributed by atoms with van der Waals surface area (Å²) in [7, 11) is 1.74. The highest BCUT2D eigenvalue weighted by Crippen LogP contribution is 2.18. The molecule has 2 aliphatic heterocycles. The zero-order valence-electron chi connectivity index (χ0n) is 15.9. The molecule has 0 bridgehead atoms. The molecule has 148 valence electrons. The Balaban J connectivity index is 0.00000243. The molecule has 1 N–H and O–H groups in total. The van der Waals surface area contributed by atoms with E-state index in [1.165, 1.54) is 0 Å². The highest BCUT2D eigenvalue weighted by atomic mass is 35.5. The van der Waals surface area contributed by atoms with Crippen LogP contribution in [0.4, 0.5) is 0 Å². The van der Waals surface area contributed by atoms with Crippen LogP contribution in [0, 0.1) is 0 Å². The minimum atomic E-state index is 0. The van der Waals surface area contributed by atoms with Crippen molar-refractivity contribution in [3.63, 3.8) is 0 Å². The third kappa shape index (κ3) is 4.97. The van der Waals surface area contributed by atoms with E-state index >= 15 is 0 Å². The van der Waals surface area contributed by atoms with E-state index < -0.39 is 0 Å². The Hall–Kier alpha value is -1.15. The standard InChI is InChI=1S/C18H31N5O2.ClH/c1-3-15-14-22(10-9-21(15)11-12-25-2)18(24)17-6-8-23(20-17)16-5-4-7-19-13-16;/h6,8,15-16,19H,3-5,7,9-14H2,1-2H3;1H. The molecule has 26 heavy (non-hydrogen) atoms. The topological polar surface area (TPSA) is 62.6 Å². The van der Waals surface area contributed by atoms with Crippen LogP contribution in [-0.4, -0.2) is 84.5 Å². The molecule has 2 fully saturated rings. The average molecular weight is 386 g/mol. The van der Waals surface area contributed by atoms with Crippen LogP contribution >= 0.6 is 12.4 Å². The average Bonchev–Trinajstić information content (AvgIpc) is 3.16. The van der Waals surface area contributed by atoms with E-state index in [9.17, 15) is 4.79 Å². The normalized spacial score (nSPS) is 24.3. The van der Waals surface area contributed by atoms with Crippen LogP contribution in [0.5, 0.6) is 0 Å². The van der Waals surface area contributed by atoms with Crippen LogP contribution < -0.4 is 5.32 Å². The molecule has 0 saturated carbocycles. The number of nitrogens with zero attached hydrogens (tertiary/aromatic N) is 4. The lowest BCUT2D eigenvalue weighted by atomic mass is 10.1. The van der Waals surface area contributed by atoms with Gasteiger partial charge in [-0.2, -0.15) is 5.10 Å². The van der Waals surface area contributed by atoms with Crippen molar-refractivity contribution in [2.45, 2.75) is 38.3 Å². The zero-order chi connectivity index (χ0) is 17.6. The molecule has 0 spiro atoms. The number of methoxy groups -OCH3 is 1. The maximum Gasteiger partial charge on any atom is 0.274 e. The first-order valence-corrected chi connectivity index (χ1v) is 9.51. The van der Waals surface area contributed by atoms with Crippen LogP contribution in [0.2, 0.25) is 0 Å². The van der Waals surface area contributed by atoms with Crippen LogP contribution in [-0.2, 0) is 4.74 Å².